The summed E-state index contributed by atoms with van der Waals surface area (Å²) in [6.45, 7) is 3.34. The molecular weight excluding hydrogens is 499 g/mol. The van der Waals surface area contributed by atoms with E-state index in [1.54, 1.807) is 24.3 Å². The molecule has 6 nitrogen and oxygen atoms in total. The van der Waals surface area contributed by atoms with Crippen LogP contribution in [-0.4, -0.2) is 60.3 Å². The summed E-state index contributed by atoms with van der Waals surface area (Å²) in [4.78, 5) is 21.5. The van der Waals surface area contributed by atoms with Crippen molar-refractivity contribution in [3.63, 3.8) is 0 Å². The van der Waals surface area contributed by atoms with Crippen LogP contribution in [0.25, 0.3) is 6.08 Å². The molecule has 2 N–H and O–H groups in total. The van der Waals surface area contributed by atoms with E-state index in [1.165, 1.54) is 23.9 Å². The summed E-state index contributed by atoms with van der Waals surface area (Å²) in [7, 11) is 2.06. The van der Waals surface area contributed by atoms with Crippen LogP contribution in [0.5, 0.6) is 0 Å². The third-order valence-electron chi connectivity index (χ3n) is 5.76. The zero-order chi connectivity index (χ0) is 25.2. The molecule has 184 valence electrons. The number of benzene rings is 2. The molecule has 0 aromatic heterocycles. The van der Waals surface area contributed by atoms with Gasteiger partial charge in [0.15, 0.2) is 5.17 Å². The molecule has 0 unspecified atom stereocenters. The van der Waals surface area contributed by atoms with Crippen LogP contribution in [0.2, 0.25) is 5.02 Å². The fourth-order valence-electron chi connectivity index (χ4n) is 3.79. The van der Waals surface area contributed by atoms with Gasteiger partial charge in [-0.15, -0.1) is 0 Å². The minimum absolute atomic E-state index is 0.0118. The van der Waals surface area contributed by atoms with Crippen LogP contribution < -0.4 is 5.32 Å². The van der Waals surface area contributed by atoms with Crippen molar-refractivity contribution in [2.24, 2.45) is 4.99 Å². The predicted molar refractivity (Wildman–Crippen MR) is 135 cm³/mol. The lowest BCUT2D eigenvalue weighted by Crippen LogP contribution is -2.46. The Bertz CT molecular complexity index is 1210. The molecule has 35 heavy (non-hydrogen) atoms. The maximum absolute atomic E-state index is 13.4. The van der Waals surface area contributed by atoms with Crippen molar-refractivity contribution in [2.75, 3.05) is 38.5 Å². The molecule has 1 saturated heterocycles. The number of thioether (sulfide) groups is 1. The van der Waals surface area contributed by atoms with Gasteiger partial charge >= 0.3 is 6.18 Å². The Morgan fingerprint density at radius 1 is 1.17 bits per heavy atom. The van der Waals surface area contributed by atoms with Crippen molar-refractivity contribution < 1.29 is 18.0 Å². The highest BCUT2D eigenvalue weighted by atomic mass is 35.5. The number of hydrogen-bond acceptors (Lipinski definition) is 6. The standard InChI is InChI=1S/C24H23ClF3N5OS/c1-32-6-8-33(9-7-32)23-31-22(34)21(35-23)11-15-2-5-20(17(10-15)13-29)30-14-16-3-4-18(25)12-19(16)24(26,27)28/h2-5,10-13,29-30H,6-9,14H2,1H3/b21-11-,29-13?. The second-order valence-corrected chi connectivity index (χ2v) is 9.69. The van der Waals surface area contributed by atoms with Gasteiger partial charge in [0, 0.05) is 55.2 Å². The summed E-state index contributed by atoms with van der Waals surface area (Å²) in [5, 5.41) is 11.4. The molecule has 4 rings (SSSR count). The molecule has 1 amide bonds. The number of hydrogen-bond donors (Lipinski definition) is 2. The number of halogens is 4. The fourth-order valence-corrected chi connectivity index (χ4v) is 4.93. The number of likely N-dealkylation sites (N-methyl/N-ethyl adjacent to an activating group) is 1. The van der Waals surface area contributed by atoms with Gasteiger partial charge in [-0.3, -0.25) is 4.79 Å². The number of piperazine rings is 1. The summed E-state index contributed by atoms with van der Waals surface area (Å²) in [5.74, 6) is -0.301. The first-order valence-electron chi connectivity index (χ1n) is 10.8. The molecule has 0 spiro atoms. The van der Waals surface area contributed by atoms with Gasteiger partial charge in [0.2, 0.25) is 0 Å². The number of anilines is 1. The number of carbonyl (C=O) groups is 1. The number of nitrogens with zero attached hydrogens (tertiary/aromatic N) is 3. The Kier molecular flexibility index (Phi) is 7.53. The lowest BCUT2D eigenvalue weighted by molar-refractivity contribution is -0.138. The van der Waals surface area contributed by atoms with E-state index in [1.807, 2.05) is 0 Å². The molecule has 11 heteroatoms. The summed E-state index contributed by atoms with van der Waals surface area (Å²) in [6, 6.07) is 8.78. The normalized spacial score (nSPS) is 18.2. The number of carbonyl (C=O) groups excluding carboxylic acids is 1. The molecule has 0 bridgehead atoms. The number of nitrogens with one attached hydrogen (secondary N) is 2. The first-order chi connectivity index (χ1) is 16.6. The van der Waals surface area contributed by atoms with E-state index in [0.29, 0.717) is 26.9 Å². The lowest BCUT2D eigenvalue weighted by Gasteiger charge is -2.32. The van der Waals surface area contributed by atoms with Crippen LogP contribution in [0.1, 0.15) is 22.3 Å². The van der Waals surface area contributed by atoms with Crippen molar-refractivity contribution in [1.29, 1.82) is 5.41 Å². The van der Waals surface area contributed by atoms with Crippen LogP contribution in [0.15, 0.2) is 46.3 Å². The summed E-state index contributed by atoms with van der Waals surface area (Å²) in [6.07, 6.45) is -1.69. The smallest absolute Gasteiger partial charge is 0.380 e. The number of amidine groups is 1. The van der Waals surface area contributed by atoms with Gasteiger partial charge in [-0.1, -0.05) is 23.7 Å². The van der Waals surface area contributed by atoms with Gasteiger partial charge in [-0.05, 0) is 60.3 Å². The molecule has 2 aliphatic heterocycles. The molecule has 0 saturated carbocycles. The summed E-state index contributed by atoms with van der Waals surface area (Å²) < 4.78 is 40.1. The zero-order valence-corrected chi connectivity index (χ0v) is 20.4. The molecule has 0 atom stereocenters. The van der Waals surface area contributed by atoms with Crippen molar-refractivity contribution in [2.45, 2.75) is 12.7 Å². The molecule has 2 heterocycles. The SMILES string of the molecule is CN1CCN(C2=NC(=O)/C(=C/c3ccc(NCc4ccc(Cl)cc4C(F)(F)F)c(C=N)c3)S2)CC1. The van der Waals surface area contributed by atoms with Crippen LogP contribution in [0, 0.1) is 5.41 Å². The Labute approximate surface area is 210 Å². The summed E-state index contributed by atoms with van der Waals surface area (Å²) >= 11 is 7.08. The van der Waals surface area contributed by atoms with Crippen molar-refractivity contribution in [1.82, 2.24) is 9.80 Å². The molecule has 2 aromatic carbocycles. The number of rotatable bonds is 5. The highest BCUT2D eigenvalue weighted by Gasteiger charge is 2.33. The van der Waals surface area contributed by atoms with Crippen molar-refractivity contribution in [3.8, 4) is 0 Å². The predicted octanol–water partition coefficient (Wildman–Crippen LogP) is 5.19. The van der Waals surface area contributed by atoms with Gasteiger partial charge in [0.25, 0.3) is 5.91 Å². The Morgan fingerprint density at radius 2 is 1.91 bits per heavy atom. The fraction of sp³-hybridized carbons (Fsp3) is 0.292. The molecule has 1 fully saturated rings. The van der Waals surface area contributed by atoms with Crippen molar-refractivity contribution in [3.05, 3.63) is 68.6 Å². The maximum atomic E-state index is 13.4. The van der Waals surface area contributed by atoms with Crippen molar-refractivity contribution >= 4 is 52.4 Å². The largest absolute Gasteiger partial charge is 0.416 e. The average molecular weight is 522 g/mol. The average Bonchev–Trinajstić information content (AvgIpc) is 3.18. The second kappa shape index (κ2) is 10.4. The van der Waals surface area contributed by atoms with Gasteiger partial charge < -0.3 is 20.5 Å². The van der Waals surface area contributed by atoms with E-state index in [9.17, 15) is 18.0 Å². The highest BCUT2D eigenvalue weighted by Crippen LogP contribution is 2.35. The summed E-state index contributed by atoms with van der Waals surface area (Å²) in [5.41, 5.74) is 0.929. The third kappa shape index (κ3) is 6.06. The zero-order valence-electron chi connectivity index (χ0n) is 18.8. The number of alkyl halides is 3. The quantitative estimate of drug-likeness (QED) is 0.419. The first-order valence-corrected chi connectivity index (χ1v) is 12.0. The minimum atomic E-state index is -4.53. The van der Waals surface area contributed by atoms with Crippen LogP contribution in [0.3, 0.4) is 0 Å². The highest BCUT2D eigenvalue weighted by molar-refractivity contribution is 8.18. The van der Waals surface area contributed by atoms with E-state index in [0.717, 1.165) is 38.5 Å². The Balaban J connectivity index is 1.47. The molecule has 2 aromatic rings. The molecule has 0 radical (unpaired) electrons. The lowest BCUT2D eigenvalue weighted by atomic mass is 10.1. The van der Waals surface area contributed by atoms with Crippen LogP contribution in [0.4, 0.5) is 18.9 Å². The van der Waals surface area contributed by atoms with Gasteiger partial charge in [-0.25, -0.2) is 0 Å². The third-order valence-corrected chi connectivity index (χ3v) is 7.04. The minimum Gasteiger partial charge on any atom is -0.380 e. The topological polar surface area (TPSA) is 71.8 Å². The second-order valence-electron chi connectivity index (χ2n) is 8.24. The van der Waals surface area contributed by atoms with E-state index in [-0.39, 0.29) is 23.0 Å². The first kappa shape index (κ1) is 25.3. The number of amides is 1. The molecular formula is C24H23ClF3N5OS. The number of aliphatic imine (C=N–C) groups is 1. The van der Waals surface area contributed by atoms with E-state index >= 15 is 0 Å². The maximum Gasteiger partial charge on any atom is 0.416 e. The van der Waals surface area contributed by atoms with E-state index in [2.05, 4.69) is 27.2 Å². The van der Waals surface area contributed by atoms with E-state index in [4.69, 9.17) is 17.0 Å². The van der Waals surface area contributed by atoms with E-state index < -0.39 is 11.7 Å². The van der Waals surface area contributed by atoms with Gasteiger partial charge in [0.1, 0.15) is 0 Å². The van der Waals surface area contributed by atoms with Gasteiger partial charge in [0.05, 0.1) is 10.5 Å². The van der Waals surface area contributed by atoms with Crippen LogP contribution >= 0.6 is 23.4 Å². The van der Waals surface area contributed by atoms with Crippen LogP contribution in [-0.2, 0) is 17.5 Å². The monoisotopic (exact) mass is 521 g/mol. The molecule has 0 aliphatic carbocycles. The Hall–Kier alpha value is -2.82. The Morgan fingerprint density at radius 3 is 2.60 bits per heavy atom. The molecule has 2 aliphatic rings. The van der Waals surface area contributed by atoms with Gasteiger partial charge in [-0.2, -0.15) is 18.2 Å².